The molecule has 31 heavy (non-hydrogen) atoms. The van der Waals surface area contributed by atoms with Gasteiger partial charge in [0.25, 0.3) is 0 Å². The zero-order valence-corrected chi connectivity index (χ0v) is 18.2. The van der Waals surface area contributed by atoms with Crippen molar-refractivity contribution in [2.75, 3.05) is 6.54 Å². The lowest BCUT2D eigenvalue weighted by Gasteiger charge is -2.20. The number of hydrogen-bond donors (Lipinski definition) is 2. The number of rotatable bonds is 9. The van der Waals surface area contributed by atoms with Gasteiger partial charge in [0.15, 0.2) is 0 Å². The summed E-state index contributed by atoms with van der Waals surface area (Å²) in [6.07, 6.45) is 1.57. The number of carbonyl (C=O) groups excluding carboxylic acids is 1. The summed E-state index contributed by atoms with van der Waals surface area (Å²) >= 11 is 0. The van der Waals surface area contributed by atoms with Crippen LogP contribution in [0.4, 0.5) is 0 Å². The van der Waals surface area contributed by atoms with Crippen molar-refractivity contribution < 1.29 is 13.2 Å². The first kappa shape index (κ1) is 22.5. The molecule has 0 bridgehead atoms. The molecule has 0 atom stereocenters. The van der Waals surface area contributed by atoms with E-state index in [0.29, 0.717) is 0 Å². The largest absolute Gasteiger partial charge is 0.345 e. The van der Waals surface area contributed by atoms with Crippen LogP contribution in [0.15, 0.2) is 90.3 Å². The van der Waals surface area contributed by atoms with Crippen LogP contribution >= 0.6 is 0 Å². The van der Waals surface area contributed by atoms with Crippen LogP contribution in [0.3, 0.4) is 0 Å². The quantitative estimate of drug-likeness (QED) is 0.530. The van der Waals surface area contributed by atoms with Crippen molar-refractivity contribution in [3.8, 4) is 0 Å². The Balaban J connectivity index is 1.57. The molecular formula is C25H26N2O3S. The molecule has 0 saturated carbocycles. The number of benzene rings is 3. The first-order chi connectivity index (χ1) is 14.9. The third-order valence-electron chi connectivity index (χ3n) is 4.74. The number of aryl methyl sites for hydroxylation is 1. The Morgan fingerprint density at radius 3 is 1.97 bits per heavy atom. The minimum absolute atomic E-state index is 0.0166. The SMILES string of the molecule is Cc1ccc(C=CS(=O)(=O)NCCC(=O)NC(c2ccccc2)c2ccccc2)cc1. The average Bonchev–Trinajstić information content (AvgIpc) is 2.78. The van der Waals surface area contributed by atoms with Crippen LogP contribution < -0.4 is 10.0 Å². The molecule has 1 amide bonds. The van der Waals surface area contributed by atoms with E-state index in [1.54, 1.807) is 0 Å². The Morgan fingerprint density at radius 1 is 0.871 bits per heavy atom. The van der Waals surface area contributed by atoms with Gasteiger partial charge in [0.05, 0.1) is 6.04 Å². The van der Waals surface area contributed by atoms with E-state index in [0.717, 1.165) is 27.7 Å². The summed E-state index contributed by atoms with van der Waals surface area (Å²) in [6.45, 7) is 1.99. The van der Waals surface area contributed by atoms with E-state index in [9.17, 15) is 13.2 Å². The predicted octanol–water partition coefficient (Wildman–Crippen LogP) is 4.18. The topological polar surface area (TPSA) is 75.3 Å². The van der Waals surface area contributed by atoms with Gasteiger partial charge in [-0.2, -0.15) is 0 Å². The monoisotopic (exact) mass is 434 g/mol. The van der Waals surface area contributed by atoms with Gasteiger partial charge in [0.2, 0.25) is 15.9 Å². The maximum atomic E-state index is 12.5. The Bertz CT molecular complexity index is 1070. The zero-order valence-electron chi connectivity index (χ0n) is 17.4. The Hall–Kier alpha value is -3.22. The van der Waals surface area contributed by atoms with E-state index >= 15 is 0 Å². The third kappa shape index (κ3) is 7.20. The second-order valence-electron chi connectivity index (χ2n) is 7.22. The second-order valence-corrected chi connectivity index (χ2v) is 8.88. The summed E-state index contributed by atoms with van der Waals surface area (Å²) < 4.78 is 26.8. The molecule has 2 N–H and O–H groups in total. The molecule has 0 unspecified atom stereocenters. The van der Waals surface area contributed by atoms with Crippen molar-refractivity contribution in [1.29, 1.82) is 0 Å². The van der Waals surface area contributed by atoms with Crippen LogP contribution in [0.2, 0.25) is 0 Å². The van der Waals surface area contributed by atoms with Gasteiger partial charge in [0.1, 0.15) is 0 Å². The molecule has 3 aromatic carbocycles. The Morgan fingerprint density at radius 2 is 1.42 bits per heavy atom. The molecule has 0 heterocycles. The van der Waals surface area contributed by atoms with Crippen molar-refractivity contribution >= 4 is 22.0 Å². The van der Waals surface area contributed by atoms with Gasteiger partial charge in [0, 0.05) is 18.4 Å². The second kappa shape index (κ2) is 10.7. The maximum Gasteiger partial charge on any atom is 0.233 e. The number of hydrogen-bond acceptors (Lipinski definition) is 3. The first-order valence-electron chi connectivity index (χ1n) is 10.1. The van der Waals surface area contributed by atoms with Gasteiger partial charge >= 0.3 is 0 Å². The molecule has 0 radical (unpaired) electrons. The average molecular weight is 435 g/mol. The number of carbonyl (C=O) groups is 1. The molecule has 3 aromatic rings. The Labute approximate surface area is 183 Å². The van der Waals surface area contributed by atoms with Gasteiger partial charge in [-0.1, -0.05) is 90.5 Å². The van der Waals surface area contributed by atoms with Gasteiger partial charge in [-0.25, -0.2) is 13.1 Å². The van der Waals surface area contributed by atoms with Crippen molar-refractivity contribution in [2.45, 2.75) is 19.4 Å². The molecule has 5 nitrogen and oxygen atoms in total. The minimum Gasteiger partial charge on any atom is -0.345 e. The molecule has 0 aliphatic rings. The molecule has 0 saturated heterocycles. The van der Waals surface area contributed by atoms with Gasteiger partial charge in [-0.05, 0) is 29.7 Å². The lowest BCUT2D eigenvalue weighted by molar-refractivity contribution is -0.121. The van der Waals surface area contributed by atoms with E-state index in [1.807, 2.05) is 91.9 Å². The third-order valence-corrected chi connectivity index (χ3v) is 5.84. The fourth-order valence-corrected chi connectivity index (χ4v) is 3.90. The molecule has 0 aromatic heterocycles. The van der Waals surface area contributed by atoms with Crippen LogP contribution in [0.1, 0.15) is 34.7 Å². The van der Waals surface area contributed by atoms with Crippen LogP contribution in [0.25, 0.3) is 6.08 Å². The lowest BCUT2D eigenvalue weighted by Crippen LogP contribution is -2.32. The van der Waals surface area contributed by atoms with Crippen LogP contribution in [-0.4, -0.2) is 20.9 Å². The Kier molecular flexibility index (Phi) is 7.76. The van der Waals surface area contributed by atoms with Crippen LogP contribution in [0, 0.1) is 6.92 Å². The van der Waals surface area contributed by atoms with Gasteiger partial charge < -0.3 is 5.32 Å². The fraction of sp³-hybridized carbons (Fsp3) is 0.160. The van der Waals surface area contributed by atoms with E-state index in [-0.39, 0.29) is 24.9 Å². The first-order valence-corrected chi connectivity index (χ1v) is 11.6. The highest BCUT2D eigenvalue weighted by Gasteiger charge is 2.16. The smallest absolute Gasteiger partial charge is 0.233 e. The molecule has 0 aliphatic carbocycles. The fourth-order valence-electron chi connectivity index (χ4n) is 3.08. The number of nitrogens with one attached hydrogen (secondary N) is 2. The highest BCUT2D eigenvalue weighted by Crippen LogP contribution is 2.21. The molecule has 0 fully saturated rings. The van der Waals surface area contributed by atoms with Crippen molar-refractivity contribution in [1.82, 2.24) is 10.0 Å². The van der Waals surface area contributed by atoms with E-state index in [2.05, 4.69) is 10.0 Å². The van der Waals surface area contributed by atoms with Crippen LogP contribution in [0.5, 0.6) is 0 Å². The van der Waals surface area contributed by atoms with Crippen molar-refractivity contribution in [3.05, 3.63) is 113 Å². The van der Waals surface area contributed by atoms with Crippen LogP contribution in [-0.2, 0) is 14.8 Å². The number of sulfonamides is 1. The molecule has 3 rings (SSSR count). The summed E-state index contributed by atoms with van der Waals surface area (Å²) in [5.74, 6) is -0.233. The summed E-state index contributed by atoms with van der Waals surface area (Å²) in [5.41, 5.74) is 3.82. The molecule has 0 spiro atoms. The number of amides is 1. The lowest BCUT2D eigenvalue weighted by atomic mass is 9.98. The predicted molar refractivity (Wildman–Crippen MR) is 125 cm³/mol. The molecule has 160 valence electrons. The summed E-state index contributed by atoms with van der Waals surface area (Å²) in [4.78, 5) is 12.5. The van der Waals surface area contributed by atoms with Crippen molar-refractivity contribution in [3.63, 3.8) is 0 Å². The van der Waals surface area contributed by atoms with E-state index < -0.39 is 10.0 Å². The highest BCUT2D eigenvalue weighted by molar-refractivity contribution is 7.92. The van der Waals surface area contributed by atoms with E-state index in [4.69, 9.17) is 0 Å². The molecular weight excluding hydrogens is 408 g/mol. The van der Waals surface area contributed by atoms with Crippen molar-refractivity contribution in [2.24, 2.45) is 0 Å². The maximum absolute atomic E-state index is 12.5. The summed E-state index contributed by atoms with van der Waals surface area (Å²) in [5, 5.41) is 4.12. The highest BCUT2D eigenvalue weighted by atomic mass is 32.2. The summed E-state index contributed by atoms with van der Waals surface area (Å²) in [6, 6.07) is 26.6. The van der Waals surface area contributed by atoms with E-state index in [1.165, 1.54) is 6.08 Å². The minimum atomic E-state index is -3.63. The van der Waals surface area contributed by atoms with Gasteiger partial charge in [-0.15, -0.1) is 0 Å². The summed E-state index contributed by atoms with van der Waals surface area (Å²) in [7, 11) is -3.63. The molecule has 0 aliphatic heterocycles. The zero-order chi connectivity index (χ0) is 22.1. The normalized spacial score (nSPS) is 11.7. The standard InChI is InChI=1S/C25H26N2O3S/c1-20-12-14-21(15-13-20)17-19-31(29,30)26-18-16-24(28)27-25(22-8-4-2-5-9-22)23-10-6-3-7-11-23/h2-15,17,19,25-26H,16,18H2,1H3,(H,27,28). The van der Waals surface area contributed by atoms with Gasteiger partial charge in [-0.3, -0.25) is 4.79 Å². The molecule has 6 heteroatoms.